The quantitative estimate of drug-likeness (QED) is 0.293. The fraction of sp³-hybridized carbons (Fsp3) is 0.417. The van der Waals surface area contributed by atoms with Gasteiger partial charge in [-0.05, 0) is 27.7 Å². The number of rotatable bonds is 8. The van der Waals surface area contributed by atoms with Gasteiger partial charge in [0.2, 0.25) is 5.95 Å². The number of aryl methyl sites for hydroxylation is 1. The molecule has 0 atom stereocenters. The van der Waals surface area contributed by atoms with Crippen LogP contribution in [0.15, 0.2) is 12.4 Å². The Kier molecular flexibility index (Phi) is 8.31. The van der Waals surface area contributed by atoms with Crippen molar-refractivity contribution < 1.29 is 14.4 Å². The highest BCUT2D eigenvalue weighted by molar-refractivity contribution is 6.34. The first kappa shape index (κ1) is 25.3. The van der Waals surface area contributed by atoms with Crippen LogP contribution in [0.5, 0.6) is 5.75 Å². The summed E-state index contributed by atoms with van der Waals surface area (Å²) in [5, 5.41) is 2.42. The summed E-state index contributed by atoms with van der Waals surface area (Å²) in [7, 11) is 1.64. The Balaban J connectivity index is 1.89. The summed E-state index contributed by atoms with van der Waals surface area (Å²) in [6.07, 6.45) is 4.15. The molecule has 34 heavy (non-hydrogen) atoms. The minimum atomic E-state index is -0.315. The summed E-state index contributed by atoms with van der Waals surface area (Å²) >= 11 is 6.41. The van der Waals surface area contributed by atoms with E-state index in [-0.39, 0.29) is 23.5 Å². The molecule has 0 saturated heterocycles. The van der Waals surface area contributed by atoms with Gasteiger partial charge in [-0.15, -0.1) is 5.06 Å². The van der Waals surface area contributed by atoms with E-state index >= 15 is 0 Å². The summed E-state index contributed by atoms with van der Waals surface area (Å²) < 4.78 is 7.42. The Morgan fingerprint density at radius 3 is 2.68 bits per heavy atom. The normalized spacial score (nSPS) is 10.9. The molecule has 0 aromatic carbocycles. The van der Waals surface area contributed by atoms with Crippen molar-refractivity contribution in [2.24, 2.45) is 0 Å². The van der Waals surface area contributed by atoms with E-state index in [1.54, 1.807) is 18.4 Å². The van der Waals surface area contributed by atoms with Crippen LogP contribution >= 0.6 is 11.6 Å². The van der Waals surface area contributed by atoms with E-state index in [1.807, 2.05) is 38.5 Å². The van der Waals surface area contributed by atoms with Crippen LogP contribution in [0.4, 0.5) is 5.95 Å². The lowest BCUT2D eigenvalue weighted by Crippen LogP contribution is -2.26. The number of fused-ring (bicyclic) bond motifs is 1. The van der Waals surface area contributed by atoms with Gasteiger partial charge in [0.15, 0.2) is 0 Å². The van der Waals surface area contributed by atoms with Crippen LogP contribution in [-0.2, 0) is 16.2 Å². The minimum absolute atomic E-state index is 0.0710. The molecule has 2 N–H and O–H groups in total. The number of halogens is 1. The van der Waals surface area contributed by atoms with Crippen molar-refractivity contribution in [1.82, 2.24) is 24.6 Å². The summed E-state index contributed by atoms with van der Waals surface area (Å²) in [5.41, 5.74) is 9.79. The van der Waals surface area contributed by atoms with Crippen molar-refractivity contribution in [1.29, 1.82) is 0 Å². The third kappa shape index (κ3) is 5.58. The van der Waals surface area contributed by atoms with Gasteiger partial charge in [-0.25, -0.2) is 4.98 Å². The molecule has 0 radical (unpaired) electrons. The number of nitrogens with zero attached hydrogens (tertiary/aromatic N) is 5. The Morgan fingerprint density at radius 2 is 2.00 bits per heavy atom. The van der Waals surface area contributed by atoms with Crippen molar-refractivity contribution in [2.45, 2.75) is 47.1 Å². The van der Waals surface area contributed by atoms with Crippen LogP contribution in [0.2, 0.25) is 5.15 Å². The largest absolute Gasteiger partial charge is 0.496 e. The molecular formula is C24H29ClN6O3. The van der Waals surface area contributed by atoms with Gasteiger partial charge in [0.05, 0.1) is 36.7 Å². The highest BCUT2D eigenvalue weighted by Gasteiger charge is 2.17. The molecule has 3 heterocycles. The molecular weight excluding hydrogens is 456 g/mol. The zero-order valence-electron chi connectivity index (χ0n) is 20.1. The second-order valence-electron chi connectivity index (χ2n) is 7.67. The van der Waals surface area contributed by atoms with Crippen molar-refractivity contribution in [3.05, 3.63) is 39.9 Å². The third-order valence-corrected chi connectivity index (χ3v) is 5.65. The second-order valence-corrected chi connectivity index (χ2v) is 8.03. The number of hydrogen-bond donors (Lipinski definition) is 1. The van der Waals surface area contributed by atoms with Crippen LogP contribution in [0.1, 0.15) is 49.1 Å². The van der Waals surface area contributed by atoms with Gasteiger partial charge in [0.1, 0.15) is 16.5 Å². The number of carbonyl (C=O) groups excluding carboxylic acids is 1. The van der Waals surface area contributed by atoms with Crippen LogP contribution in [-0.4, -0.2) is 50.8 Å². The number of pyridine rings is 1. The molecule has 0 aliphatic carbocycles. The Labute approximate surface area is 204 Å². The standard InChI is InChI=1S/C24H29ClN6O3/c1-6-31(7-2)34-19(32)11-9-8-10-17-13-30(23-20(17)22(25)28-24(26)29-23)14-18-16(4)21(33-5)15(3)12-27-18/h12-13H,6-7,9,11,14H2,1-5H3,(H2,26,28,29). The number of nitrogens with two attached hydrogens (primary N) is 1. The van der Waals surface area contributed by atoms with Crippen LogP contribution in [0, 0.1) is 25.7 Å². The lowest BCUT2D eigenvalue weighted by molar-refractivity contribution is -0.188. The van der Waals surface area contributed by atoms with Gasteiger partial charge in [-0.3, -0.25) is 9.78 Å². The van der Waals surface area contributed by atoms with Gasteiger partial charge >= 0.3 is 5.97 Å². The maximum atomic E-state index is 12.0. The Morgan fingerprint density at radius 1 is 1.26 bits per heavy atom. The van der Waals surface area contributed by atoms with Gasteiger partial charge in [0, 0.05) is 43.0 Å². The summed E-state index contributed by atoms with van der Waals surface area (Å²) in [6.45, 7) is 9.46. The molecule has 0 aliphatic heterocycles. The van der Waals surface area contributed by atoms with Gasteiger partial charge in [-0.2, -0.15) is 4.98 Å². The lowest BCUT2D eigenvalue weighted by Gasteiger charge is -2.16. The van der Waals surface area contributed by atoms with E-state index in [0.29, 0.717) is 42.7 Å². The molecule has 0 amide bonds. The molecule has 0 fully saturated rings. The second kappa shape index (κ2) is 11.2. The molecule has 0 bridgehead atoms. The van der Waals surface area contributed by atoms with Crippen LogP contribution in [0.25, 0.3) is 11.0 Å². The first-order valence-corrected chi connectivity index (χ1v) is 11.4. The van der Waals surface area contributed by atoms with Crippen molar-refractivity contribution in [3.63, 3.8) is 0 Å². The summed E-state index contributed by atoms with van der Waals surface area (Å²) in [4.78, 5) is 30.3. The fourth-order valence-corrected chi connectivity index (χ4v) is 3.90. The predicted molar refractivity (Wildman–Crippen MR) is 131 cm³/mol. The molecule has 3 aromatic rings. The molecule has 9 nitrogen and oxygen atoms in total. The third-order valence-electron chi connectivity index (χ3n) is 5.37. The summed E-state index contributed by atoms with van der Waals surface area (Å²) in [5.74, 6) is 6.67. The molecule has 0 spiro atoms. The monoisotopic (exact) mass is 484 g/mol. The first-order chi connectivity index (χ1) is 16.3. The van der Waals surface area contributed by atoms with E-state index in [1.165, 1.54) is 0 Å². The lowest BCUT2D eigenvalue weighted by atomic mass is 10.1. The predicted octanol–water partition coefficient (Wildman–Crippen LogP) is 3.67. The van der Waals surface area contributed by atoms with Crippen molar-refractivity contribution in [2.75, 3.05) is 25.9 Å². The smallest absolute Gasteiger partial charge is 0.326 e. The minimum Gasteiger partial charge on any atom is -0.496 e. The van der Waals surface area contributed by atoms with Crippen molar-refractivity contribution in [3.8, 4) is 17.6 Å². The molecule has 0 aliphatic rings. The maximum Gasteiger partial charge on any atom is 0.326 e. The number of carbonyl (C=O) groups is 1. The Hall–Kier alpha value is -3.35. The number of methoxy groups -OCH3 is 1. The van der Waals surface area contributed by atoms with E-state index in [4.69, 9.17) is 26.9 Å². The van der Waals surface area contributed by atoms with E-state index in [0.717, 1.165) is 22.6 Å². The maximum absolute atomic E-state index is 12.0. The first-order valence-electron chi connectivity index (χ1n) is 11.0. The fourth-order valence-electron chi connectivity index (χ4n) is 3.63. The Bertz CT molecular complexity index is 1260. The number of ether oxygens (including phenoxy) is 1. The number of anilines is 1. The topological polar surface area (TPSA) is 108 Å². The molecule has 10 heteroatoms. The molecule has 3 aromatic heterocycles. The van der Waals surface area contributed by atoms with E-state index in [2.05, 4.69) is 26.8 Å². The number of hydroxylamine groups is 2. The number of nitrogen functional groups attached to an aromatic ring is 1. The molecule has 0 saturated carbocycles. The van der Waals surface area contributed by atoms with E-state index in [9.17, 15) is 4.79 Å². The zero-order chi connectivity index (χ0) is 24.8. The molecule has 180 valence electrons. The van der Waals surface area contributed by atoms with Crippen LogP contribution in [0.3, 0.4) is 0 Å². The van der Waals surface area contributed by atoms with E-state index < -0.39 is 0 Å². The highest BCUT2D eigenvalue weighted by Crippen LogP contribution is 2.29. The molecule has 3 rings (SSSR count). The van der Waals surface area contributed by atoms with Crippen LogP contribution < -0.4 is 10.5 Å². The average Bonchev–Trinajstić information content (AvgIpc) is 3.14. The number of hydrogen-bond acceptors (Lipinski definition) is 8. The molecule has 0 unspecified atom stereocenters. The SMILES string of the molecule is CCN(CC)OC(=O)CCC#Cc1cn(Cc2ncc(C)c(OC)c2C)c2nc(N)nc(Cl)c12. The number of aromatic nitrogens is 4. The summed E-state index contributed by atoms with van der Waals surface area (Å²) in [6, 6.07) is 0. The van der Waals surface area contributed by atoms with Gasteiger partial charge in [0.25, 0.3) is 0 Å². The average molecular weight is 485 g/mol. The van der Waals surface area contributed by atoms with Gasteiger partial charge < -0.3 is 19.9 Å². The van der Waals surface area contributed by atoms with Gasteiger partial charge in [-0.1, -0.05) is 23.4 Å². The highest BCUT2D eigenvalue weighted by atomic mass is 35.5. The van der Waals surface area contributed by atoms with Crippen molar-refractivity contribution >= 4 is 34.6 Å². The zero-order valence-corrected chi connectivity index (χ0v) is 20.9.